The minimum absolute atomic E-state index is 0. The second-order valence-corrected chi connectivity index (χ2v) is 52.3. The number of primary amides is 2. The molecule has 0 spiro atoms. The molecule has 1 aliphatic heterocycles. The van der Waals surface area contributed by atoms with Crippen LogP contribution in [0.5, 0.6) is 0 Å². The van der Waals surface area contributed by atoms with Crippen LogP contribution in [0.3, 0.4) is 0 Å². The molecule has 0 aromatic heterocycles. The van der Waals surface area contributed by atoms with Crippen molar-refractivity contribution in [3.8, 4) is 0 Å². The summed E-state index contributed by atoms with van der Waals surface area (Å²) in [5.74, 6) is 0.203. The quantitative estimate of drug-likeness (QED) is 0.00636. The Bertz CT molecular complexity index is 3320. The summed E-state index contributed by atoms with van der Waals surface area (Å²) in [5.41, 5.74) is 11.1. The fourth-order valence-corrected chi connectivity index (χ4v) is 11.5. The van der Waals surface area contributed by atoms with Crippen molar-refractivity contribution in [3.63, 3.8) is 0 Å². The summed E-state index contributed by atoms with van der Waals surface area (Å²) in [6.45, 7) is 34.0. The standard InChI is InChI=1S/C20H27F3INO4.C17H25IO3.C16H21IO3.2C9H17NO3.C8H17N3O3.CH4.I3/c1-5-15(26)13(10-12-6-8-14(24)9-7-12)11-16(27)17(25-18(28)29-4)19(2,3)20(21,22)23;1-5-15(19)13(11-16(20)21-17(2,3)4)10-12-6-8-14(18)9-7-12;1-16(2,3)20-15(18)9-12(14-10-19-14)8-11-4-6-13(17)7-5-11;2*1-9(2,3)6(8(10)12)5-7(11)13-4;1-8(2,3)5(6(12)11-9)10-7(13)14-4;;1-3-2/h6-9,13,15,17,26H,5,10-11H2,1-4H3,(H,25,28);6-9,13,15,19H,5,10-11H2,1-4H3;4-7,12,14H,8-10H2,1-3H3;2*6H,5H2,1-4H3,(H2,10,12);5H,9H2,1-4H3,(H,10,13)(H,11,12);1H4;/q;;;;;;;-1/t13-,15+,17-;13-,15+;12-,14+;2*6-;5-;;/m111111../s1. The number of hydrogen-bond donors (Lipinski definition) is 8. The number of benzene rings is 3. The van der Waals surface area contributed by atoms with E-state index in [4.69, 9.17) is 31.5 Å². The van der Waals surface area contributed by atoms with Gasteiger partial charge in [0.15, 0.2) is 5.78 Å². The number of alkyl halides is 3. The van der Waals surface area contributed by atoms with Crippen LogP contribution in [0.25, 0.3) is 0 Å². The Kier molecular flexibility index (Phi) is 57.9. The number of alkyl carbamates (subject to hydrolysis) is 2. The molecule has 1 saturated heterocycles. The molecule has 3 aromatic rings. The summed E-state index contributed by atoms with van der Waals surface area (Å²) in [6.07, 6.45) is -4.34. The van der Waals surface area contributed by atoms with Gasteiger partial charge in [-0.3, -0.25) is 43.8 Å². The molecule has 1 fully saturated rings. The predicted molar refractivity (Wildman–Crippen MR) is 475 cm³/mol. The molecule has 11 N–H and O–H groups in total. The van der Waals surface area contributed by atoms with E-state index in [9.17, 15) is 71.3 Å². The zero-order chi connectivity index (χ0) is 88.6. The molecule has 114 heavy (non-hydrogen) atoms. The van der Waals surface area contributed by atoms with Crippen LogP contribution < -0.4 is 46.6 Å². The molecule has 0 unspecified atom stereocenters. The van der Waals surface area contributed by atoms with Gasteiger partial charge in [0, 0.05) is 23.0 Å². The summed E-state index contributed by atoms with van der Waals surface area (Å²) < 4.78 is 78.0. The van der Waals surface area contributed by atoms with Crippen molar-refractivity contribution < 1.29 is 118 Å². The number of epoxide rings is 1. The number of Topliss-reactive ketones (excluding diaryl/α,β-unsaturated/α-hetero) is 1. The first-order valence-corrected chi connectivity index (χ1v) is 52.0. The molecule has 0 radical (unpaired) electrons. The molecular formula is C80H128F3I6N6O19-. The van der Waals surface area contributed by atoms with Crippen LogP contribution in [0.15, 0.2) is 72.8 Å². The molecule has 0 bridgehead atoms. The van der Waals surface area contributed by atoms with Crippen molar-refractivity contribution in [2.24, 2.45) is 68.6 Å². The summed E-state index contributed by atoms with van der Waals surface area (Å²) in [7, 11) is 4.83. The van der Waals surface area contributed by atoms with Crippen LogP contribution in [-0.2, 0) is 90.8 Å². The van der Waals surface area contributed by atoms with Gasteiger partial charge >= 0.3 is 92.7 Å². The summed E-state index contributed by atoms with van der Waals surface area (Å²) in [4.78, 5) is 115. The molecule has 1 aliphatic rings. The topological polar surface area (TPSA) is 393 Å². The number of hydrogen-bond acceptors (Lipinski definition) is 20. The van der Waals surface area contributed by atoms with Crippen molar-refractivity contribution in [3.05, 3.63) is 100 Å². The zero-order valence-electron chi connectivity index (χ0n) is 69.4. The average Bonchev–Trinajstić information content (AvgIpc) is 0.910. The Labute approximate surface area is 745 Å². The number of ether oxygens (including phenoxy) is 7. The average molecular weight is 2300 g/mol. The number of esters is 4. The Morgan fingerprint density at radius 2 is 0.807 bits per heavy atom. The van der Waals surface area contributed by atoms with Gasteiger partial charge < -0.3 is 65.5 Å². The molecule has 1 heterocycles. The van der Waals surface area contributed by atoms with E-state index in [-0.39, 0.29) is 73.8 Å². The third-order valence-electron chi connectivity index (χ3n) is 17.1. The predicted octanol–water partition coefficient (Wildman–Crippen LogP) is 12.6. The zero-order valence-corrected chi connectivity index (χ0v) is 82.4. The van der Waals surface area contributed by atoms with Gasteiger partial charge in [-0.15, -0.1) is 0 Å². The number of ketones is 1. The fourth-order valence-electron chi connectivity index (χ4n) is 10.5. The van der Waals surface area contributed by atoms with Crippen LogP contribution in [-0.4, -0.2) is 153 Å². The number of halogens is 9. The number of nitrogens with two attached hydrogens (primary N) is 3. The monoisotopic (exact) mass is 2300 g/mol. The van der Waals surface area contributed by atoms with Crippen molar-refractivity contribution in [2.45, 2.75) is 251 Å². The molecule has 25 nitrogen and oxygen atoms in total. The number of aliphatic hydroxyl groups is 2. The van der Waals surface area contributed by atoms with E-state index in [0.717, 1.165) is 48.7 Å². The first kappa shape index (κ1) is 116. The van der Waals surface area contributed by atoms with Gasteiger partial charge in [-0.1, -0.05) is 120 Å². The molecule has 10 atom stereocenters. The number of methoxy groups -OCH3 is 4. The maximum absolute atomic E-state index is 13.6. The van der Waals surface area contributed by atoms with Gasteiger partial charge in [-0.05, 0) is 236 Å². The first-order valence-electron chi connectivity index (χ1n) is 36.2. The van der Waals surface area contributed by atoms with Crippen LogP contribution in [0, 0.1) is 62.0 Å². The van der Waals surface area contributed by atoms with Gasteiger partial charge in [0.05, 0.1) is 96.3 Å². The van der Waals surface area contributed by atoms with Crippen LogP contribution in [0.4, 0.5) is 22.8 Å². The van der Waals surface area contributed by atoms with Gasteiger partial charge in [0.1, 0.15) is 23.3 Å². The Morgan fingerprint density at radius 1 is 0.500 bits per heavy atom. The molecule has 0 aliphatic carbocycles. The number of aliphatic hydroxyl groups excluding tert-OH is 2. The molecular weight excluding hydrogens is 2170 g/mol. The van der Waals surface area contributed by atoms with Crippen molar-refractivity contribution in [1.29, 1.82) is 0 Å². The summed E-state index contributed by atoms with van der Waals surface area (Å²) >= 11 is 12.0. The number of hydrazine groups is 1. The van der Waals surface area contributed by atoms with E-state index in [1.165, 1.54) is 34.0 Å². The van der Waals surface area contributed by atoms with Crippen molar-refractivity contribution in [2.75, 3.05) is 35.0 Å². The van der Waals surface area contributed by atoms with E-state index in [1.54, 1.807) is 6.92 Å². The number of carbonyl (C=O) groups is 10. The molecule has 34 heteroatoms. The van der Waals surface area contributed by atoms with E-state index in [0.29, 0.717) is 45.4 Å². The Morgan fingerprint density at radius 3 is 1.06 bits per heavy atom. The number of nitrogens with one attached hydrogen (secondary N) is 3. The normalized spacial score (nSPS) is 14.9. The van der Waals surface area contributed by atoms with Crippen LogP contribution in [0.2, 0.25) is 0 Å². The summed E-state index contributed by atoms with van der Waals surface area (Å²) in [5, 5.41) is 25.0. The van der Waals surface area contributed by atoms with E-state index >= 15 is 0 Å². The first-order chi connectivity index (χ1) is 51.7. The van der Waals surface area contributed by atoms with E-state index in [1.807, 2.05) is 170 Å². The van der Waals surface area contributed by atoms with Crippen molar-refractivity contribution in [1.82, 2.24) is 16.1 Å². The molecule has 0 saturated carbocycles. The maximum atomic E-state index is 13.6. The summed E-state index contributed by atoms with van der Waals surface area (Å²) in [6, 6.07) is 21.5. The SMILES string of the molecule is C.CC(C)(C)OC(=O)C[C@@H](Cc1ccc(I)cc1)[C@@H]1CO1.CC[C@H](O)[C@@H](CC(=O)OC(C)(C)C)Cc1ccc(I)cc1.CC[C@H](O)[C@@H](CC(=O)[C@@H](NC(=O)OC)C(C)(C)C(F)(F)F)Cc1ccc(I)cc1.COC(=O)C[C@H](C(N)=O)C(C)(C)C.COC(=O)C[C@H](C(N)=O)C(C)(C)C.COC(=O)N[C@H](C(=O)NN)C(C)(C)C.I[I-]I. The molecule has 656 valence electrons. The minimum atomic E-state index is -4.73. The third-order valence-corrected chi connectivity index (χ3v) is 19.3. The van der Waals surface area contributed by atoms with Crippen LogP contribution >= 0.6 is 105 Å². The van der Waals surface area contributed by atoms with Gasteiger partial charge in [0.25, 0.3) is 5.91 Å². The fraction of sp³-hybridized carbons (Fsp3) is 0.650. The number of rotatable bonds is 28. The second kappa shape index (κ2) is 56.6. The Hall–Kier alpha value is -3.83. The number of amides is 5. The van der Waals surface area contributed by atoms with Gasteiger partial charge in [0.2, 0.25) is 11.8 Å². The number of carbonyl (C=O) groups excluding carboxylic acids is 10. The van der Waals surface area contributed by atoms with Gasteiger partial charge in [-0.25, -0.2) is 15.4 Å². The molecule has 5 amide bonds. The molecule has 4 rings (SSSR count). The van der Waals surface area contributed by atoms with E-state index < -0.39 is 118 Å². The van der Waals surface area contributed by atoms with E-state index in [2.05, 4.69) is 154 Å². The van der Waals surface area contributed by atoms with Crippen molar-refractivity contribution >= 4 is 165 Å². The van der Waals surface area contributed by atoms with Crippen LogP contribution in [0.1, 0.15) is 201 Å². The second-order valence-electron chi connectivity index (χ2n) is 32.3. The molecule has 3 aromatic carbocycles. The Balaban J connectivity index is -0.000000647. The third kappa shape index (κ3) is 52.3. The van der Waals surface area contributed by atoms with Gasteiger partial charge in [-0.2, -0.15) is 13.2 Å².